The first kappa shape index (κ1) is 27.0. The summed E-state index contributed by atoms with van der Waals surface area (Å²) in [5.41, 5.74) is -0.0830. The van der Waals surface area contributed by atoms with Crippen LogP contribution in [0.2, 0.25) is 0 Å². The maximum atomic E-state index is 13.9. The van der Waals surface area contributed by atoms with Gasteiger partial charge in [-0.3, -0.25) is 14.3 Å². The molecule has 2 aliphatic rings. The van der Waals surface area contributed by atoms with E-state index in [1.807, 2.05) is 19.9 Å². The van der Waals surface area contributed by atoms with Crippen molar-refractivity contribution in [1.29, 1.82) is 0 Å². The Kier molecular flexibility index (Phi) is 7.78. The minimum Gasteiger partial charge on any atom is -0.466 e. The standard InChI is InChI=1S/C26H33F2N7O4/c1-4-38-26(37)17-5-7-18(8-6-17)35-14-20(22(32-35)23(27)28)30-25(36)19-11-29-34-10-9-21(31-24(19)34)33-12-15(2)39-16(3)13-33/h9-11,14-18,23H,4-8,12-13H2,1-3H3,(H,30,36)/t15-,16+,17?,18?. The maximum absolute atomic E-state index is 13.9. The molecule has 13 heteroatoms. The van der Waals surface area contributed by atoms with E-state index >= 15 is 0 Å². The third-order valence-corrected chi connectivity index (χ3v) is 7.25. The van der Waals surface area contributed by atoms with Gasteiger partial charge >= 0.3 is 5.97 Å². The third-order valence-electron chi connectivity index (χ3n) is 7.25. The molecule has 2 atom stereocenters. The summed E-state index contributed by atoms with van der Waals surface area (Å²) in [6, 6.07) is 1.67. The third kappa shape index (κ3) is 5.72. The number of anilines is 2. The zero-order valence-electron chi connectivity index (χ0n) is 22.2. The summed E-state index contributed by atoms with van der Waals surface area (Å²) in [5.74, 6) is -0.341. The summed E-state index contributed by atoms with van der Waals surface area (Å²) < 4.78 is 41.7. The second-order valence-electron chi connectivity index (χ2n) is 10.2. The highest BCUT2D eigenvalue weighted by Crippen LogP contribution is 2.35. The Bertz CT molecular complexity index is 1330. The van der Waals surface area contributed by atoms with Crippen LogP contribution in [0.25, 0.3) is 5.65 Å². The van der Waals surface area contributed by atoms with Gasteiger partial charge in [0, 0.05) is 25.5 Å². The van der Waals surface area contributed by atoms with Gasteiger partial charge in [-0.15, -0.1) is 0 Å². The molecular weight excluding hydrogens is 512 g/mol. The number of halogens is 2. The molecule has 11 nitrogen and oxygen atoms in total. The summed E-state index contributed by atoms with van der Waals surface area (Å²) in [5, 5.41) is 10.9. The smallest absolute Gasteiger partial charge is 0.308 e. The fraction of sp³-hybridized carbons (Fsp3) is 0.577. The number of nitrogens with zero attached hydrogens (tertiary/aromatic N) is 6. The molecule has 1 amide bonds. The molecule has 210 valence electrons. The molecule has 1 aliphatic heterocycles. The van der Waals surface area contributed by atoms with E-state index in [1.54, 1.807) is 13.1 Å². The molecule has 3 aromatic heterocycles. The topological polar surface area (TPSA) is 116 Å². The van der Waals surface area contributed by atoms with E-state index in [2.05, 4.69) is 25.4 Å². The molecule has 1 saturated heterocycles. The van der Waals surface area contributed by atoms with Crippen LogP contribution in [-0.4, -0.2) is 68.2 Å². The van der Waals surface area contributed by atoms with Gasteiger partial charge in [0.2, 0.25) is 0 Å². The lowest BCUT2D eigenvalue weighted by Crippen LogP contribution is -2.45. The molecule has 5 rings (SSSR count). The second kappa shape index (κ2) is 11.2. The Labute approximate surface area is 224 Å². The number of alkyl halides is 2. The summed E-state index contributed by atoms with van der Waals surface area (Å²) >= 11 is 0. The highest BCUT2D eigenvalue weighted by atomic mass is 19.3. The van der Waals surface area contributed by atoms with Crippen LogP contribution in [0.5, 0.6) is 0 Å². The summed E-state index contributed by atoms with van der Waals surface area (Å²) in [4.78, 5) is 32.0. The lowest BCUT2D eigenvalue weighted by Gasteiger charge is -2.36. The number of rotatable bonds is 7. The summed E-state index contributed by atoms with van der Waals surface area (Å²) in [7, 11) is 0. The normalized spacial score (nSPS) is 23.8. The molecule has 1 saturated carbocycles. The van der Waals surface area contributed by atoms with Crippen molar-refractivity contribution in [1.82, 2.24) is 24.4 Å². The van der Waals surface area contributed by atoms with E-state index in [0.717, 1.165) is 0 Å². The van der Waals surface area contributed by atoms with Gasteiger partial charge in [-0.1, -0.05) is 0 Å². The summed E-state index contributed by atoms with van der Waals surface area (Å²) in [6.45, 7) is 7.39. The highest BCUT2D eigenvalue weighted by Gasteiger charge is 2.31. The van der Waals surface area contributed by atoms with Gasteiger partial charge in [-0.2, -0.15) is 10.2 Å². The minimum atomic E-state index is -2.88. The van der Waals surface area contributed by atoms with Gasteiger partial charge in [-0.05, 0) is 52.5 Å². The van der Waals surface area contributed by atoms with Crippen LogP contribution in [0.15, 0.2) is 24.7 Å². The fourth-order valence-electron chi connectivity index (χ4n) is 5.44. The number of amides is 1. The van der Waals surface area contributed by atoms with Crippen LogP contribution in [0.1, 0.15) is 75.0 Å². The first-order chi connectivity index (χ1) is 18.7. The van der Waals surface area contributed by atoms with Gasteiger partial charge in [-0.25, -0.2) is 18.3 Å². The largest absolute Gasteiger partial charge is 0.466 e. The first-order valence-corrected chi connectivity index (χ1v) is 13.3. The minimum absolute atomic E-state index is 0.0315. The van der Waals surface area contributed by atoms with E-state index < -0.39 is 18.0 Å². The highest BCUT2D eigenvalue weighted by molar-refractivity contribution is 6.08. The Hall–Kier alpha value is -3.61. The van der Waals surface area contributed by atoms with Gasteiger partial charge < -0.3 is 19.7 Å². The van der Waals surface area contributed by atoms with Gasteiger partial charge in [0.15, 0.2) is 11.3 Å². The summed E-state index contributed by atoms with van der Waals surface area (Å²) in [6.07, 6.45) is 4.09. The average molecular weight is 546 g/mol. The number of hydrogen-bond acceptors (Lipinski definition) is 8. The molecular formula is C26H33F2N7O4. The zero-order valence-corrected chi connectivity index (χ0v) is 22.2. The van der Waals surface area contributed by atoms with Crippen molar-refractivity contribution >= 4 is 29.0 Å². The van der Waals surface area contributed by atoms with Gasteiger partial charge in [0.1, 0.15) is 11.4 Å². The molecule has 0 bridgehead atoms. The SMILES string of the molecule is CCOC(=O)C1CCC(n2cc(NC(=O)c3cnn4ccc(N5C[C@@H](C)O[C@@H](C)C5)nc34)c(C(F)F)n2)CC1. The molecule has 0 radical (unpaired) electrons. The van der Waals surface area contributed by atoms with Crippen LogP contribution < -0.4 is 10.2 Å². The van der Waals surface area contributed by atoms with Crippen LogP contribution in [0.3, 0.4) is 0 Å². The van der Waals surface area contributed by atoms with Crippen molar-refractivity contribution in [3.8, 4) is 0 Å². The molecule has 3 aromatic rings. The number of esters is 1. The number of carbonyl (C=O) groups excluding carboxylic acids is 2. The molecule has 1 aliphatic carbocycles. The van der Waals surface area contributed by atoms with E-state index in [0.29, 0.717) is 56.8 Å². The molecule has 4 heterocycles. The van der Waals surface area contributed by atoms with Crippen molar-refractivity contribution in [2.75, 3.05) is 29.9 Å². The Balaban J connectivity index is 1.33. The quantitative estimate of drug-likeness (QED) is 0.443. The van der Waals surface area contributed by atoms with Crippen molar-refractivity contribution in [2.45, 2.75) is 71.1 Å². The Morgan fingerprint density at radius 2 is 1.90 bits per heavy atom. The van der Waals surface area contributed by atoms with Crippen LogP contribution in [-0.2, 0) is 14.3 Å². The number of morpholine rings is 1. The number of nitrogens with one attached hydrogen (secondary N) is 1. The number of carbonyl (C=O) groups is 2. The molecule has 0 unspecified atom stereocenters. The zero-order chi connectivity index (χ0) is 27.7. The molecule has 0 spiro atoms. The predicted octanol–water partition coefficient (Wildman–Crippen LogP) is 4.02. The average Bonchev–Trinajstić information content (AvgIpc) is 3.52. The molecule has 39 heavy (non-hydrogen) atoms. The number of hydrogen-bond donors (Lipinski definition) is 1. The molecule has 0 aromatic carbocycles. The van der Waals surface area contributed by atoms with Crippen molar-refractivity contribution in [3.63, 3.8) is 0 Å². The number of fused-ring (bicyclic) bond motifs is 1. The van der Waals surface area contributed by atoms with E-state index in [4.69, 9.17) is 9.47 Å². The predicted molar refractivity (Wildman–Crippen MR) is 138 cm³/mol. The lowest BCUT2D eigenvalue weighted by atomic mass is 9.86. The molecule has 1 N–H and O–H groups in total. The first-order valence-electron chi connectivity index (χ1n) is 13.3. The lowest BCUT2D eigenvalue weighted by molar-refractivity contribution is -0.149. The Morgan fingerprint density at radius 3 is 2.56 bits per heavy atom. The monoisotopic (exact) mass is 545 g/mol. The number of aromatic nitrogens is 5. The van der Waals surface area contributed by atoms with Gasteiger partial charge in [0.25, 0.3) is 12.3 Å². The Morgan fingerprint density at radius 1 is 1.18 bits per heavy atom. The van der Waals surface area contributed by atoms with Gasteiger partial charge in [0.05, 0.1) is 42.7 Å². The van der Waals surface area contributed by atoms with E-state index in [9.17, 15) is 18.4 Å². The van der Waals surface area contributed by atoms with E-state index in [1.165, 1.54) is 21.6 Å². The second-order valence-corrected chi connectivity index (χ2v) is 10.2. The van der Waals surface area contributed by atoms with E-state index in [-0.39, 0.29) is 41.4 Å². The van der Waals surface area contributed by atoms with Crippen LogP contribution >= 0.6 is 0 Å². The van der Waals surface area contributed by atoms with Crippen molar-refractivity contribution < 1.29 is 27.8 Å². The van der Waals surface area contributed by atoms with Crippen LogP contribution in [0, 0.1) is 5.92 Å². The fourth-order valence-corrected chi connectivity index (χ4v) is 5.44. The van der Waals surface area contributed by atoms with Crippen LogP contribution in [0.4, 0.5) is 20.3 Å². The maximum Gasteiger partial charge on any atom is 0.308 e. The van der Waals surface area contributed by atoms with Crippen molar-refractivity contribution in [3.05, 3.63) is 35.9 Å². The number of ether oxygens (including phenoxy) is 2. The molecule has 2 fully saturated rings. The van der Waals surface area contributed by atoms with Crippen molar-refractivity contribution in [2.24, 2.45) is 5.92 Å².